The first-order valence-electron chi connectivity index (χ1n) is 19.7. The molecule has 0 unspecified atom stereocenters. The lowest BCUT2D eigenvalue weighted by Gasteiger charge is -2.29. The summed E-state index contributed by atoms with van der Waals surface area (Å²) in [7, 11) is 2.72. The molecule has 0 radical (unpaired) electrons. The molecule has 3 aromatic rings. The van der Waals surface area contributed by atoms with Crippen molar-refractivity contribution >= 4 is 23.8 Å². The van der Waals surface area contributed by atoms with Crippen LogP contribution in [0.5, 0.6) is 0 Å². The molecular weight excluding hydrogens is 684 g/mol. The van der Waals surface area contributed by atoms with Crippen LogP contribution < -0.4 is 0 Å². The van der Waals surface area contributed by atoms with Crippen LogP contribution in [0.1, 0.15) is 113 Å². The van der Waals surface area contributed by atoms with E-state index in [1.54, 1.807) is 0 Å². The fourth-order valence-electron chi connectivity index (χ4n) is 8.04. The number of hydrogen-bond acceptors (Lipinski definition) is 8. The van der Waals surface area contributed by atoms with Crippen LogP contribution in [-0.4, -0.2) is 80.8 Å². The molecule has 2 N–H and O–H groups in total. The molecule has 54 heavy (non-hydrogen) atoms. The number of rotatable bonds is 16. The second-order valence-corrected chi connectivity index (χ2v) is 16.4. The van der Waals surface area contributed by atoms with Gasteiger partial charge in [0.2, 0.25) is 11.8 Å². The van der Waals surface area contributed by atoms with E-state index < -0.39 is 11.8 Å². The van der Waals surface area contributed by atoms with Gasteiger partial charge in [-0.2, -0.15) is 0 Å². The number of aromatic amines is 2. The molecule has 2 fully saturated rings. The van der Waals surface area contributed by atoms with Gasteiger partial charge in [-0.1, -0.05) is 65.8 Å². The van der Waals surface area contributed by atoms with E-state index >= 15 is 0 Å². The Morgan fingerprint density at radius 2 is 1.04 bits per heavy atom. The Morgan fingerprint density at radius 1 is 0.667 bits per heavy atom. The molecule has 2 aliphatic heterocycles. The van der Waals surface area contributed by atoms with Crippen LogP contribution in [0.15, 0.2) is 36.7 Å². The second-order valence-electron chi connectivity index (χ2n) is 16.4. The lowest BCUT2D eigenvalue weighted by Crippen LogP contribution is -2.39. The molecule has 1 aromatic carbocycles. The molecule has 12 nitrogen and oxygen atoms in total. The molecule has 6 atom stereocenters. The van der Waals surface area contributed by atoms with Crippen molar-refractivity contribution in [3.05, 3.63) is 70.8 Å². The number of benzene rings is 1. The van der Waals surface area contributed by atoms with Crippen molar-refractivity contribution in [2.45, 2.75) is 105 Å². The van der Waals surface area contributed by atoms with Crippen LogP contribution in [0.3, 0.4) is 0 Å². The Labute approximate surface area is 320 Å². The number of carbonyl (C=O) groups is 4. The standard InChI is InChI=1S/C42H60N6O6/c1-25(2)33(19-37(49)53-7)41(51)47-23-27(5)17-35(47)39-43-21-31(45-39)15-13-29-9-11-30(12-10-29)14-16-32-22-44-40(46-32)36-18-28(6)24-48(36)42(52)34(26(3)4)20-38(50)54-8/h9-12,21-22,25-28,33-36H,13-20,23-24H2,1-8H3,(H,43,45)(H,44,46)/t27-,28-,33-,34-,35-,36-/m0/s1. The molecule has 0 bridgehead atoms. The van der Waals surface area contributed by atoms with Gasteiger partial charge in [0.15, 0.2) is 0 Å². The normalized spacial score (nSPS) is 21.1. The highest BCUT2D eigenvalue weighted by Crippen LogP contribution is 2.38. The number of nitrogens with zero attached hydrogens (tertiary/aromatic N) is 4. The summed E-state index contributed by atoms with van der Waals surface area (Å²) < 4.78 is 9.76. The SMILES string of the molecule is COC(=O)C[C@H](C(=O)N1C[C@@H](C)C[C@H]1c1ncc(CCc2ccc(CCc3cnc([C@@H]4C[C@H](C)CN4C(=O)[C@@H](CC(=O)OC)C(C)C)[nH]3)cc2)[nH]1)C(C)C. The number of aryl methyl sites for hydroxylation is 4. The summed E-state index contributed by atoms with van der Waals surface area (Å²) in [4.78, 5) is 71.7. The van der Waals surface area contributed by atoms with Crippen LogP contribution in [-0.2, 0) is 54.3 Å². The minimum Gasteiger partial charge on any atom is -0.469 e. The van der Waals surface area contributed by atoms with Crippen molar-refractivity contribution < 1.29 is 28.7 Å². The van der Waals surface area contributed by atoms with E-state index in [0.29, 0.717) is 24.9 Å². The third-order valence-electron chi connectivity index (χ3n) is 11.4. The van der Waals surface area contributed by atoms with Crippen molar-refractivity contribution in [2.24, 2.45) is 35.5 Å². The van der Waals surface area contributed by atoms with Gasteiger partial charge in [0.25, 0.3) is 0 Å². The number of amides is 2. The third-order valence-corrected chi connectivity index (χ3v) is 11.4. The Hall–Kier alpha value is -4.48. The summed E-state index contributed by atoms with van der Waals surface area (Å²) >= 11 is 0. The first-order valence-corrected chi connectivity index (χ1v) is 19.7. The second kappa shape index (κ2) is 18.2. The molecule has 0 spiro atoms. The highest BCUT2D eigenvalue weighted by molar-refractivity contribution is 5.85. The van der Waals surface area contributed by atoms with Gasteiger partial charge in [-0.05, 0) is 73.3 Å². The van der Waals surface area contributed by atoms with Crippen molar-refractivity contribution in [2.75, 3.05) is 27.3 Å². The van der Waals surface area contributed by atoms with Gasteiger partial charge in [-0.15, -0.1) is 0 Å². The predicted molar refractivity (Wildman–Crippen MR) is 205 cm³/mol. The maximum absolute atomic E-state index is 13.7. The predicted octanol–water partition coefficient (Wildman–Crippen LogP) is 6.19. The molecule has 5 rings (SSSR count). The first-order chi connectivity index (χ1) is 25.8. The first kappa shape index (κ1) is 40.7. The maximum Gasteiger partial charge on any atom is 0.306 e. The van der Waals surface area contributed by atoms with E-state index in [2.05, 4.69) is 48.1 Å². The Bertz CT molecular complexity index is 1600. The van der Waals surface area contributed by atoms with Gasteiger partial charge in [-0.3, -0.25) is 19.2 Å². The lowest BCUT2D eigenvalue weighted by atomic mass is 9.90. The minimum atomic E-state index is -0.424. The number of carbonyl (C=O) groups excluding carboxylic acids is 4. The summed E-state index contributed by atoms with van der Waals surface area (Å²) in [5.74, 6) is 0.741. The molecule has 294 valence electrons. The molecule has 2 amide bonds. The average molecular weight is 745 g/mol. The summed E-state index contributed by atoms with van der Waals surface area (Å²) in [5, 5.41) is 0. The zero-order chi connectivity index (χ0) is 39.1. The fraction of sp³-hybridized carbons (Fsp3) is 0.619. The topological polar surface area (TPSA) is 151 Å². The van der Waals surface area contributed by atoms with Gasteiger partial charge in [-0.25, -0.2) is 9.97 Å². The number of aromatic nitrogens is 4. The van der Waals surface area contributed by atoms with Gasteiger partial charge >= 0.3 is 11.9 Å². The van der Waals surface area contributed by atoms with Crippen molar-refractivity contribution in [1.29, 1.82) is 0 Å². The Kier molecular flexibility index (Phi) is 13.7. The largest absolute Gasteiger partial charge is 0.469 e. The van der Waals surface area contributed by atoms with Gasteiger partial charge in [0.05, 0.1) is 51.0 Å². The number of nitrogens with one attached hydrogen (secondary N) is 2. The molecule has 2 saturated heterocycles. The number of imidazole rings is 2. The van der Waals surface area contributed by atoms with E-state index in [1.807, 2.05) is 49.9 Å². The number of likely N-dealkylation sites (tertiary alicyclic amines) is 2. The molecular formula is C42H60N6O6. The van der Waals surface area contributed by atoms with Crippen LogP contribution in [0, 0.1) is 35.5 Å². The highest BCUT2D eigenvalue weighted by Gasteiger charge is 2.41. The fourth-order valence-corrected chi connectivity index (χ4v) is 8.04. The van der Waals surface area contributed by atoms with E-state index in [9.17, 15) is 19.2 Å². The molecule has 0 aliphatic carbocycles. The number of H-pyrrole nitrogens is 2. The zero-order valence-corrected chi connectivity index (χ0v) is 33.4. The number of methoxy groups -OCH3 is 2. The van der Waals surface area contributed by atoms with Gasteiger partial charge in [0, 0.05) is 36.9 Å². The van der Waals surface area contributed by atoms with Gasteiger partial charge < -0.3 is 29.2 Å². The average Bonchev–Trinajstić information content (AvgIpc) is 3.97. The quantitative estimate of drug-likeness (QED) is 0.165. The maximum atomic E-state index is 13.7. The van der Waals surface area contributed by atoms with Crippen LogP contribution in [0.2, 0.25) is 0 Å². The number of ether oxygens (including phenoxy) is 2. The zero-order valence-electron chi connectivity index (χ0n) is 33.4. The summed E-state index contributed by atoms with van der Waals surface area (Å²) in [6.07, 6.45) is 8.92. The lowest BCUT2D eigenvalue weighted by molar-refractivity contribution is -0.148. The van der Waals surface area contributed by atoms with Crippen molar-refractivity contribution in [1.82, 2.24) is 29.7 Å². The van der Waals surface area contributed by atoms with E-state index in [1.165, 1.54) is 25.3 Å². The van der Waals surface area contributed by atoms with Crippen molar-refractivity contribution in [3.63, 3.8) is 0 Å². The molecule has 4 heterocycles. The Balaban J connectivity index is 1.14. The number of esters is 2. The van der Waals surface area contributed by atoms with Crippen LogP contribution >= 0.6 is 0 Å². The monoisotopic (exact) mass is 744 g/mol. The minimum absolute atomic E-state index is 0.00814. The Morgan fingerprint density at radius 3 is 1.37 bits per heavy atom. The molecule has 12 heteroatoms. The summed E-state index contributed by atoms with van der Waals surface area (Å²) in [5.41, 5.74) is 4.54. The van der Waals surface area contributed by atoms with Gasteiger partial charge in [0.1, 0.15) is 11.6 Å². The van der Waals surface area contributed by atoms with Crippen molar-refractivity contribution in [3.8, 4) is 0 Å². The van der Waals surface area contributed by atoms with Crippen LogP contribution in [0.4, 0.5) is 0 Å². The molecule has 2 aromatic heterocycles. The third kappa shape index (κ3) is 9.98. The molecule has 2 aliphatic rings. The summed E-state index contributed by atoms with van der Waals surface area (Å²) in [6.45, 7) is 13.5. The smallest absolute Gasteiger partial charge is 0.306 e. The van der Waals surface area contributed by atoms with Crippen LogP contribution in [0.25, 0.3) is 0 Å². The summed E-state index contributed by atoms with van der Waals surface area (Å²) in [6, 6.07) is 8.45. The highest BCUT2D eigenvalue weighted by atomic mass is 16.5. The van der Waals surface area contributed by atoms with E-state index in [4.69, 9.17) is 19.4 Å². The number of hydrogen-bond donors (Lipinski definition) is 2. The van der Waals surface area contributed by atoms with E-state index in [0.717, 1.165) is 61.6 Å². The van der Waals surface area contributed by atoms with E-state index in [-0.39, 0.29) is 60.5 Å². The molecule has 0 saturated carbocycles.